The number of hydrogen-bond acceptors (Lipinski definition) is 2. The van der Waals surface area contributed by atoms with E-state index in [1.165, 1.54) is 0 Å². The molecule has 0 aliphatic heterocycles. The van der Waals surface area contributed by atoms with Gasteiger partial charge in [0.1, 0.15) is 6.04 Å². The van der Waals surface area contributed by atoms with E-state index in [0.717, 1.165) is 19.3 Å². The molecule has 0 bridgehead atoms. The Morgan fingerprint density at radius 2 is 2.06 bits per heavy atom. The number of carboxylic acid groups (broad SMARTS) is 1. The zero-order valence-corrected chi connectivity index (χ0v) is 10.7. The van der Waals surface area contributed by atoms with Gasteiger partial charge in [0.15, 0.2) is 0 Å². The molecule has 0 aromatic rings. The molecule has 0 rings (SSSR count). The number of carbonyl (C=O) groups excluding carboxylic acids is 1. The molecule has 2 unspecified atom stereocenters. The molecule has 2 N–H and O–H groups in total. The van der Waals surface area contributed by atoms with Gasteiger partial charge in [-0.1, -0.05) is 32.8 Å². The second-order valence-electron chi connectivity index (χ2n) is 4.31. The number of carbonyl (C=O) groups is 2. The number of allylic oxidation sites excluding steroid dienone is 1. The summed E-state index contributed by atoms with van der Waals surface area (Å²) in [5, 5.41) is 11.5. The predicted octanol–water partition coefficient (Wildman–Crippen LogP) is 2.35. The van der Waals surface area contributed by atoms with Crippen LogP contribution in [-0.4, -0.2) is 23.0 Å². The van der Waals surface area contributed by atoms with Crippen molar-refractivity contribution in [3.8, 4) is 0 Å². The van der Waals surface area contributed by atoms with Crippen LogP contribution in [0.3, 0.4) is 0 Å². The molecule has 0 spiro atoms. The molecule has 17 heavy (non-hydrogen) atoms. The molecule has 0 fully saturated rings. The Morgan fingerprint density at radius 3 is 2.53 bits per heavy atom. The van der Waals surface area contributed by atoms with E-state index in [0.29, 0.717) is 12.8 Å². The van der Waals surface area contributed by atoms with E-state index in [9.17, 15) is 9.59 Å². The Labute approximate surface area is 103 Å². The van der Waals surface area contributed by atoms with Gasteiger partial charge in [-0.15, -0.1) is 6.58 Å². The third kappa shape index (κ3) is 6.76. The van der Waals surface area contributed by atoms with Gasteiger partial charge in [0.2, 0.25) is 5.91 Å². The summed E-state index contributed by atoms with van der Waals surface area (Å²) in [6, 6.07) is -0.801. The third-order valence-corrected chi connectivity index (χ3v) is 2.71. The Morgan fingerprint density at radius 1 is 1.41 bits per heavy atom. The topological polar surface area (TPSA) is 66.4 Å². The number of nitrogens with one attached hydrogen (secondary N) is 1. The van der Waals surface area contributed by atoms with Crippen molar-refractivity contribution in [1.29, 1.82) is 0 Å². The first-order valence-corrected chi connectivity index (χ1v) is 6.17. The van der Waals surface area contributed by atoms with Crippen LogP contribution >= 0.6 is 0 Å². The van der Waals surface area contributed by atoms with Crippen molar-refractivity contribution in [2.24, 2.45) is 5.92 Å². The Balaban J connectivity index is 4.19. The van der Waals surface area contributed by atoms with Crippen molar-refractivity contribution >= 4 is 11.9 Å². The zero-order valence-electron chi connectivity index (χ0n) is 10.7. The lowest BCUT2D eigenvalue weighted by molar-refractivity contribution is -0.142. The fourth-order valence-electron chi connectivity index (χ4n) is 1.50. The van der Waals surface area contributed by atoms with Crippen LogP contribution in [0, 0.1) is 5.92 Å². The van der Waals surface area contributed by atoms with E-state index >= 15 is 0 Å². The molecule has 0 aliphatic carbocycles. The van der Waals surface area contributed by atoms with Crippen LogP contribution in [0.2, 0.25) is 0 Å². The Hall–Kier alpha value is -1.32. The summed E-state index contributed by atoms with van der Waals surface area (Å²) >= 11 is 0. The lowest BCUT2D eigenvalue weighted by atomic mass is 10.0. The van der Waals surface area contributed by atoms with Gasteiger partial charge in [-0.2, -0.15) is 0 Å². The number of rotatable bonds is 9. The first-order chi connectivity index (χ1) is 8.02. The maximum absolute atomic E-state index is 11.7. The van der Waals surface area contributed by atoms with Gasteiger partial charge in [0.05, 0.1) is 0 Å². The molecule has 0 radical (unpaired) electrons. The summed E-state index contributed by atoms with van der Waals surface area (Å²) in [4.78, 5) is 22.7. The van der Waals surface area contributed by atoms with E-state index in [2.05, 4.69) is 18.8 Å². The number of hydrogen-bond donors (Lipinski definition) is 2. The summed E-state index contributed by atoms with van der Waals surface area (Å²) in [6.45, 7) is 7.44. The maximum Gasteiger partial charge on any atom is 0.326 e. The van der Waals surface area contributed by atoms with Crippen LogP contribution < -0.4 is 5.32 Å². The van der Waals surface area contributed by atoms with Crippen molar-refractivity contribution in [2.75, 3.05) is 0 Å². The Kier molecular flexibility index (Phi) is 8.11. The van der Waals surface area contributed by atoms with Gasteiger partial charge in [0.25, 0.3) is 0 Å². The van der Waals surface area contributed by atoms with Crippen LogP contribution in [0.25, 0.3) is 0 Å². The van der Waals surface area contributed by atoms with Gasteiger partial charge in [-0.3, -0.25) is 4.79 Å². The maximum atomic E-state index is 11.7. The van der Waals surface area contributed by atoms with Crippen LogP contribution in [0.15, 0.2) is 12.7 Å². The largest absolute Gasteiger partial charge is 0.480 e. The first-order valence-electron chi connectivity index (χ1n) is 6.17. The minimum atomic E-state index is -0.983. The highest BCUT2D eigenvalue weighted by atomic mass is 16.4. The van der Waals surface area contributed by atoms with E-state index in [4.69, 9.17) is 5.11 Å². The molecular weight excluding hydrogens is 218 g/mol. The highest BCUT2D eigenvalue weighted by Crippen LogP contribution is 2.09. The molecule has 0 aromatic heterocycles. The highest BCUT2D eigenvalue weighted by molar-refractivity contribution is 5.84. The van der Waals surface area contributed by atoms with Gasteiger partial charge in [0, 0.05) is 5.92 Å². The minimum Gasteiger partial charge on any atom is -0.480 e. The second-order valence-corrected chi connectivity index (χ2v) is 4.31. The first kappa shape index (κ1) is 15.7. The van der Waals surface area contributed by atoms with Crippen LogP contribution in [0.5, 0.6) is 0 Å². The lowest BCUT2D eigenvalue weighted by Crippen LogP contribution is -2.43. The summed E-state index contributed by atoms with van der Waals surface area (Å²) in [6.07, 6.45) is 5.46. The van der Waals surface area contributed by atoms with Crippen molar-refractivity contribution < 1.29 is 14.7 Å². The van der Waals surface area contributed by atoms with Gasteiger partial charge < -0.3 is 10.4 Å². The minimum absolute atomic E-state index is 0.125. The molecule has 0 aliphatic rings. The van der Waals surface area contributed by atoms with Crippen molar-refractivity contribution in [3.05, 3.63) is 12.7 Å². The van der Waals surface area contributed by atoms with Crippen LogP contribution in [0.4, 0.5) is 0 Å². The van der Waals surface area contributed by atoms with E-state index < -0.39 is 12.0 Å². The number of aliphatic carboxylic acids is 1. The van der Waals surface area contributed by atoms with E-state index in [1.807, 2.05) is 6.92 Å². The predicted molar refractivity (Wildman–Crippen MR) is 67.7 cm³/mol. The fraction of sp³-hybridized carbons (Fsp3) is 0.692. The monoisotopic (exact) mass is 241 g/mol. The van der Waals surface area contributed by atoms with Crippen molar-refractivity contribution in [3.63, 3.8) is 0 Å². The molecule has 4 nitrogen and oxygen atoms in total. The summed E-state index contributed by atoms with van der Waals surface area (Å²) in [7, 11) is 0. The average Bonchev–Trinajstić information content (AvgIpc) is 2.30. The summed E-state index contributed by atoms with van der Waals surface area (Å²) in [5.74, 6) is -1.28. The highest BCUT2D eigenvalue weighted by Gasteiger charge is 2.21. The quantitative estimate of drug-likeness (QED) is 0.609. The lowest BCUT2D eigenvalue weighted by Gasteiger charge is -2.17. The molecule has 4 heteroatoms. The van der Waals surface area contributed by atoms with Gasteiger partial charge in [-0.05, 0) is 19.3 Å². The molecule has 98 valence electrons. The van der Waals surface area contributed by atoms with E-state index in [-0.39, 0.29) is 11.8 Å². The number of carboxylic acids is 1. The molecule has 2 atom stereocenters. The normalized spacial score (nSPS) is 13.8. The SMILES string of the molecule is C=CCCC(NC(=O)C(C)CCCC)C(=O)O. The fourth-order valence-corrected chi connectivity index (χ4v) is 1.50. The smallest absolute Gasteiger partial charge is 0.326 e. The zero-order chi connectivity index (χ0) is 13.3. The molecule has 0 saturated carbocycles. The number of unbranched alkanes of at least 4 members (excludes halogenated alkanes) is 1. The second kappa shape index (κ2) is 8.79. The van der Waals surface area contributed by atoms with E-state index in [1.54, 1.807) is 6.08 Å². The van der Waals surface area contributed by atoms with Crippen molar-refractivity contribution in [2.45, 2.75) is 52.0 Å². The molecule has 0 saturated heterocycles. The molecular formula is C13H23NO3. The summed E-state index contributed by atoms with van der Waals surface area (Å²) in [5.41, 5.74) is 0. The van der Waals surface area contributed by atoms with Crippen molar-refractivity contribution in [1.82, 2.24) is 5.32 Å². The van der Waals surface area contributed by atoms with Gasteiger partial charge >= 0.3 is 5.97 Å². The standard InChI is InChI=1S/C13H23NO3/c1-4-6-8-10(3)12(15)14-11(13(16)17)9-7-5-2/h5,10-11H,2,4,6-9H2,1,3H3,(H,14,15)(H,16,17). The third-order valence-electron chi connectivity index (χ3n) is 2.71. The van der Waals surface area contributed by atoms with Crippen LogP contribution in [-0.2, 0) is 9.59 Å². The molecule has 0 heterocycles. The van der Waals surface area contributed by atoms with Crippen LogP contribution in [0.1, 0.15) is 46.0 Å². The Bertz CT molecular complexity index is 263. The summed E-state index contributed by atoms with van der Waals surface area (Å²) < 4.78 is 0. The average molecular weight is 241 g/mol. The van der Waals surface area contributed by atoms with Gasteiger partial charge in [-0.25, -0.2) is 4.79 Å². The molecule has 1 amide bonds. The molecule has 0 aromatic carbocycles. The number of amides is 1.